The minimum Gasteiger partial charge on any atom is -0.395 e. The Hall–Kier alpha value is -0.770. The molecular formula is C14H21ClN2O. The Morgan fingerprint density at radius 2 is 2.22 bits per heavy atom. The van der Waals surface area contributed by atoms with Crippen molar-refractivity contribution < 1.29 is 5.11 Å². The number of halogens is 1. The molecule has 1 fully saturated rings. The molecule has 1 atom stereocenters. The van der Waals surface area contributed by atoms with Crippen LogP contribution in [0.3, 0.4) is 0 Å². The Bertz CT molecular complexity index is 407. The van der Waals surface area contributed by atoms with Crippen molar-refractivity contribution in [1.82, 2.24) is 5.32 Å². The van der Waals surface area contributed by atoms with E-state index in [2.05, 4.69) is 29.3 Å². The number of aliphatic hydroxyl groups is 1. The van der Waals surface area contributed by atoms with Gasteiger partial charge in [0.1, 0.15) is 0 Å². The number of nitrogens with zero attached hydrogens (tertiary/aromatic N) is 1. The van der Waals surface area contributed by atoms with Crippen LogP contribution in [-0.4, -0.2) is 31.3 Å². The lowest BCUT2D eigenvalue weighted by atomic mass is 10.1. The highest BCUT2D eigenvalue weighted by atomic mass is 35.5. The summed E-state index contributed by atoms with van der Waals surface area (Å²) in [6, 6.07) is 7.02. The average Bonchev–Trinajstić information content (AvgIpc) is 3.19. The molecule has 3 nitrogen and oxygen atoms in total. The summed E-state index contributed by atoms with van der Waals surface area (Å²) in [5.41, 5.74) is 2.23. The molecule has 0 spiro atoms. The zero-order valence-corrected chi connectivity index (χ0v) is 11.7. The third-order valence-corrected chi connectivity index (χ3v) is 3.87. The van der Waals surface area contributed by atoms with Gasteiger partial charge in [-0.1, -0.05) is 17.7 Å². The molecule has 0 heterocycles. The van der Waals surface area contributed by atoms with E-state index in [-0.39, 0.29) is 12.6 Å². The van der Waals surface area contributed by atoms with E-state index in [1.807, 2.05) is 13.1 Å². The van der Waals surface area contributed by atoms with Crippen molar-refractivity contribution in [3.05, 3.63) is 28.8 Å². The molecule has 4 heteroatoms. The molecule has 0 saturated heterocycles. The van der Waals surface area contributed by atoms with E-state index in [0.29, 0.717) is 12.6 Å². The Labute approximate surface area is 114 Å². The van der Waals surface area contributed by atoms with Gasteiger partial charge in [0.2, 0.25) is 0 Å². The SMILES string of the molecule is CNC(C)c1ccc(N(CCO)C2CC2)cc1Cl. The molecule has 1 unspecified atom stereocenters. The van der Waals surface area contributed by atoms with Crippen molar-refractivity contribution in [2.45, 2.75) is 31.8 Å². The van der Waals surface area contributed by atoms with E-state index in [0.717, 1.165) is 16.3 Å². The molecule has 2 N–H and O–H groups in total. The third-order valence-electron chi connectivity index (χ3n) is 3.54. The molecular weight excluding hydrogens is 248 g/mol. The standard InChI is InChI=1S/C14H21ClN2O/c1-10(16-2)13-6-5-12(9-14(13)15)17(7-8-18)11-3-4-11/h5-6,9-11,16,18H,3-4,7-8H2,1-2H3. The van der Waals surface area contributed by atoms with Crippen LogP contribution >= 0.6 is 11.6 Å². The first-order valence-corrected chi connectivity index (χ1v) is 6.89. The highest BCUT2D eigenvalue weighted by Crippen LogP contribution is 2.34. The monoisotopic (exact) mass is 268 g/mol. The Morgan fingerprint density at radius 3 is 2.72 bits per heavy atom. The Kier molecular flexibility index (Phi) is 4.49. The lowest BCUT2D eigenvalue weighted by Gasteiger charge is -2.25. The minimum absolute atomic E-state index is 0.183. The molecule has 0 aliphatic heterocycles. The van der Waals surface area contributed by atoms with E-state index >= 15 is 0 Å². The zero-order chi connectivity index (χ0) is 13.1. The molecule has 100 valence electrons. The number of hydrogen-bond donors (Lipinski definition) is 2. The highest BCUT2D eigenvalue weighted by molar-refractivity contribution is 6.31. The molecule has 18 heavy (non-hydrogen) atoms. The maximum atomic E-state index is 9.14. The maximum Gasteiger partial charge on any atom is 0.0606 e. The number of anilines is 1. The predicted molar refractivity (Wildman–Crippen MR) is 76.4 cm³/mol. The molecule has 1 saturated carbocycles. The van der Waals surface area contributed by atoms with E-state index in [1.54, 1.807) is 0 Å². The lowest BCUT2D eigenvalue weighted by Crippen LogP contribution is -2.28. The molecule has 0 amide bonds. The molecule has 2 rings (SSSR count). The van der Waals surface area contributed by atoms with Gasteiger partial charge in [0.05, 0.1) is 6.61 Å². The van der Waals surface area contributed by atoms with Gasteiger partial charge in [-0.2, -0.15) is 0 Å². The molecule has 1 aromatic carbocycles. The van der Waals surface area contributed by atoms with Crippen molar-refractivity contribution in [2.75, 3.05) is 25.1 Å². The topological polar surface area (TPSA) is 35.5 Å². The molecule has 0 aromatic heterocycles. The van der Waals surface area contributed by atoms with Gasteiger partial charge < -0.3 is 15.3 Å². The first-order chi connectivity index (χ1) is 8.67. The van der Waals surface area contributed by atoms with Gasteiger partial charge in [-0.3, -0.25) is 0 Å². The first-order valence-electron chi connectivity index (χ1n) is 6.51. The average molecular weight is 269 g/mol. The van der Waals surface area contributed by atoms with Gasteiger partial charge in [0.15, 0.2) is 0 Å². The third kappa shape index (κ3) is 2.97. The molecule has 1 aromatic rings. The molecule has 1 aliphatic rings. The predicted octanol–water partition coefficient (Wildman–Crippen LogP) is 2.58. The molecule has 1 aliphatic carbocycles. The maximum absolute atomic E-state index is 9.14. The zero-order valence-electron chi connectivity index (χ0n) is 11.0. The van der Waals surface area contributed by atoms with Crippen molar-refractivity contribution in [1.29, 1.82) is 0 Å². The second kappa shape index (κ2) is 5.91. The molecule has 0 radical (unpaired) electrons. The van der Waals surface area contributed by atoms with Gasteiger partial charge >= 0.3 is 0 Å². The van der Waals surface area contributed by atoms with Crippen LogP contribution in [0.15, 0.2) is 18.2 Å². The smallest absolute Gasteiger partial charge is 0.0606 e. The summed E-state index contributed by atoms with van der Waals surface area (Å²) in [4.78, 5) is 2.25. The van der Waals surface area contributed by atoms with Crippen LogP contribution in [0.25, 0.3) is 0 Å². The van der Waals surface area contributed by atoms with Gasteiger partial charge in [-0.05, 0) is 44.5 Å². The number of aliphatic hydroxyl groups excluding tert-OH is 1. The van der Waals surface area contributed by atoms with Gasteiger partial charge in [-0.25, -0.2) is 0 Å². The second-order valence-corrected chi connectivity index (χ2v) is 5.27. The van der Waals surface area contributed by atoms with Crippen LogP contribution in [0.1, 0.15) is 31.4 Å². The fraction of sp³-hybridized carbons (Fsp3) is 0.571. The van der Waals surface area contributed by atoms with Gasteiger partial charge in [0, 0.05) is 29.3 Å². The van der Waals surface area contributed by atoms with Crippen molar-refractivity contribution in [3.63, 3.8) is 0 Å². The van der Waals surface area contributed by atoms with Crippen LogP contribution in [0.5, 0.6) is 0 Å². The fourth-order valence-corrected chi connectivity index (χ4v) is 2.56. The van der Waals surface area contributed by atoms with E-state index < -0.39 is 0 Å². The largest absolute Gasteiger partial charge is 0.395 e. The number of benzene rings is 1. The second-order valence-electron chi connectivity index (χ2n) is 4.86. The summed E-state index contributed by atoms with van der Waals surface area (Å²) in [6.45, 7) is 2.96. The van der Waals surface area contributed by atoms with Gasteiger partial charge in [0.25, 0.3) is 0 Å². The van der Waals surface area contributed by atoms with E-state index in [4.69, 9.17) is 16.7 Å². The van der Waals surface area contributed by atoms with Gasteiger partial charge in [-0.15, -0.1) is 0 Å². The van der Waals surface area contributed by atoms with E-state index in [9.17, 15) is 0 Å². The van der Waals surface area contributed by atoms with Crippen LogP contribution in [0, 0.1) is 0 Å². The minimum atomic E-state index is 0.183. The first kappa shape index (κ1) is 13.7. The summed E-state index contributed by atoms with van der Waals surface area (Å²) >= 11 is 6.34. The number of rotatable bonds is 6. The lowest BCUT2D eigenvalue weighted by molar-refractivity contribution is 0.301. The Morgan fingerprint density at radius 1 is 1.50 bits per heavy atom. The summed E-state index contributed by atoms with van der Waals surface area (Å²) in [5, 5.41) is 13.1. The fourth-order valence-electron chi connectivity index (χ4n) is 2.22. The van der Waals surface area contributed by atoms with Crippen molar-refractivity contribution in [3.8, 4) is 0 Å². The Balaban J connectivity index is 2.21. The van der Waals surface area contributed by atoms with Crippen LogP contribution in [-0.2, 0) is 0 Å². The highest BCUT2D eigenvalue weighted by Gasteiger charge is 2.29. The normalized spacial score (nSPS) is 16.7. The summed E-state index contributed by atoms with van der Waals surface area (Å²) in [6.07, 6.45) is 2.43. The van der Waals surface area contributed by atoms with Crippen molar-refractivity contribution in [2.24, 2.45) is 0 Å². The summed E-state index contributed by atoms with van der Waals surface area (Å²) in [7, 11) is 1.93. The van der Waals surface area contributed by atoms with Crippen molar-refractivity contribution >= 4 is 17.3 Å². The summed E-state index contributed by atoms with van der Waals surface area (Å²) < 4.78 is 0. The van der Waals surface area contributed by atoms with Crippen LogP contribution in [0.2, 0.25) is 5.02 Å². The number of nitrogens with one attached hydrogen (secondary N) is 1. The van der Waals surface area contributed by atoms with Crippen LogP contribution in [0.4, 0.5) is 5.69 Å². The summed E-state index contributed by atoms with van der Waals surface area (Å²) in [5.74, 6) is 0. The number of hydrogen-bond acceptors (Lipinski definition) is 3. The molecule has 0 bridgehead atoms. The van der Waals surface area contributed by atoms with E-state index in [1.165, 1.54) is 12.8 Å². The van der Waals surface area contributed by atoms with Crippen LogP contribution < -0.4 is 10.2 Å². The quantitative estimate of drug-likeness (QED) is 0.832.